The van der Waals surface area contributed by atoms with Crippen molar-refractivity contribution in [3.8, 4) is 0 Å². The van der Waals surface area contributed by atoms with Gasteiger partial charge in [-0.15, -0.1) is 11.3 Å². The highest BCUT2D eigenvalue weighted by Gasteiger charge is 2.15. The smallest absolute Gasteiger partial charge is 0.191 e. The summed E-state index contributed by atoms with van der Waals surface area (Å²) in [5, 5.41) is 6.88. The second-order valence-corrected chi connectivity index (χ2v) is 7.51. The highest BCUT2D eigenvalue weighted by molar-refractivity contribution is 7.11. The molecule has 0 saturated carbocycles. The third-order valence-corrected chi connectivity index (χ3v) is 5.50. The van der Waals surface area contributed by atoms with Crippen LogP contribution < -0.4 is 10.6 Å². The van der Waals surface area contributed by atoms with Gasteiger partial charge < -0.3 is 19.8 Å². The Morgan fingerprint density at radius 1 is 1.28 bits per heavy atom. The molecule has 1 aliphatic rings. The normalized spacial score (nSPS) is 17.8. The summed E-state index contributed by atoms with van der Waals surface area (Å²) in [4.78, 5) is 7.46. The molecule has 0 spiro atoms. The van der Waals surface area contributed by atoms with E-state index >= 15 is 0 Å². The summed E-state index contributed by atoms with van der Waals surface area (Å²) in [7, 11) is 0. The number of furan rings is 1. The van der Waals surface area contributed by atoms with Crippen LogP contribution in [0.3, 0.4) is 0 Å². The molecule has 25 heavy (non-hydrogen) atoms. The first-order valence-corrected chi connectivity index (χ1v) is 9.85. The molecule has 6 heteroatoms. The van der Waals surface area contributed by atoms with Crippen LogP contribution in [0.1, 0.15) is 28.9 Å². The summed E-state index contributed by atoms with van der Waals surface area (Å²) in [6, 6.07) is 8.30. The highest BCUT2D eigenvalue weighted by Crippen LogP contribution is 2.17. The van der Waals surface area contributed by atoms with Crippen molar-refractivity contribution in [2.45, 2.75) is 32.7 Å². The van der Waals surface area contributed by atoms with E-state index in [-0.39, 0.29) is 0 Å². The van der Waals surface area contributed by atoms with Crippen LogP contribution in [0.5, 0.6) is 0 Å². The largest absolute Gasteiger partial charge is 0.469 e. The van der Waals surface area contributed by atoms with Crippen LogP contribution in [0.2, 0.25) is 0 Å². The topological polar surface area (TPSA) is 58.8 Å². The Balaban J connectivity index is 1.52. The molecule has 2 N–H and O–H groups in total. The minimum absolute atomic E-state index is 0.575. The second kappa shape index (κ2) is 9.63. The van der Waals surface area contributed by atoms with Gasteiger partial charge in [0.1, 0.15) is 5.76 Å². The molecule has 0 aromatic carbocycles. The minimum atomic E-state index is 0.575. The molecule has 136 valence electrons. The molecule has 1 fully saturated rings. The van der Waals surface area contributed by atoms with Crippen molar-refractivity contribution in [2.24, 2.45) is 10.9 Å². The molecule has 0 aliphatic carbocycles. The molecule has 3 heterocycles. The van der Waals surface area contributed by atoms with E-state index in [0.717, 1.165) is 57.3 Å². The summed E-state index contributed by atoms with van der Waals surface area (Å²) in [5.41, 5.74) is 0. The molecule has 2 aromatic rings. The molecule has 3 rings (SSSR count). The highest BCUT2D eigenvalue weighted by atomic mass is 32.1. The van der Waals surface area contributed by atoms with Crippen LogP contribution in [0, 0.1) is 5.92 Å². The number of guanidine groups is 1. The lowest BCUT2D eigenvalue weighted by Crippen LogP contribution is -2.40. The Morgan fingerprint density at radius 2 is 2.20 bits per heavy atom. The SMILES string of the molecule is CCc1ccc(CN=C(NCCc2ccco2)NCC2CCOC2)s1. The Labute approximate surface area is 153 Å². The molecule has 1 saturated heterocycles. The molecule has 5 nitrogen and oxygen atoms in total. The zero-order valence-electron chi connectivity index (χ0n) is 14.8. The van der Waals surface area contributed by atoms with Crippen molar-refractivity contribution in [2.75, 3.05) is 26.3 Å². The fourth-order valence-electron chi connectivity index (χ4n) is 2.77. The number of nitrogens with one attached hydrogen (secondary N) is 2. The maximum atomic E-state index is 5.45. The van der Waals surface area contributed by atoms with E-state index in [1.807, 2.05) is 23.5 Å². The van der Waals surface area contributed by atoms with Gasteiger partial charge in [0.05, 0.1) is 19.4 Å². The van der Waals surface area contributed by atoms with E-state index in [1.165, 1.54) is 9.75 Å². The zero-order chi connectivity index (χ0) is 17.3. The summed E-state index contributed by atoms with van der Waals surface area (Å²) in [6.45, 7) is 6.31. The summed E-state index contributed by atoms with van der Waals surface area (Å²) in [6.07, 6.45) is 4.77. The number of aliphatic imine (C=N–C) groups is 1. The average molecular weight is 362 g/mol. The van der Waals surface area contributed by atoms with Crippen molar-refractivity contribution >= 4 is 17.3 Å². The molecular formula is C19H27N3O2S. The lowest BCUT2D eigenvalue weighted by atomic mass is 10.1. The number of nitrogens with zero attached hydrogens (tertiary/aromatic N) is 1. The van der Waals surface area contributed by atoms with Crippen LogP contribution in [-0.4, -0.2) is 32.3 Å². The number of ether oxygens (including phenoxy) is 1. The summed E-state index contributed by atoms with van der Waals surface area (Å²) >= 11 is 1.84. The Kier molecular flexibility index (Phi) is 6.94. The average Bonchev–Trinajstić information content (AvgIpc) is 3.39. The van der Waals surface area contributed by atoms with Crippen molar-refractivity contribution < 1.29 is 9.15 Å². The van der Waals surface area contributed by atoms with Gasteiger partial charge >= 0.3 is 0 Å². The Bertz CT molecular complexity index is 645. The monoisotopic (exact) mass is 361 g/mol. The van der Waals surface area contributed by atoms with Gasteiger partial charge in [0, 0.05) is 41.8 Å². The quantitative estimate of drug-likeness (QED) is 0.560. The first-order chi connectivity index (χ1) is 12.3. The van der Waals surface area contributed by atoms with Crippen LogP contribution in [0.25, 0.3) is 0 Å². The number of aryl methyl sites for hydroxylation is 1. The van der Waals surface area contributed by atoms with Gasteiger partial charge in [-0.3, -0.25) is 0 Å². The van der Waals surface area contributed by atoms with Crippen molar-refractivity contribution in [3.05, 3.63) is 46.0 Å². The van der Waals surface area contributed by atoms with Crippen LogP contribution in [0.4, 0.5) is 0 Å². The van der Waals surface area contributed by atoms with Gasteiger partial charge in [0.15, 0.2) is 5.96 Å². The third-order valence-electron chi connectivity index (χ3n) is 4.28. The molecular weight excluding hydrogens is 334 g/mol. The van der Waals surface area contributed by atoms with Crippen LogP contribution in [-0.2, 0) is 24.1 Å². The van der Waals surface area contributed by atoms with E-state index in [1.54, 1.807) is 6.26 Å². The standard InChI is InChI=1S/C19H27N3O2S/c1-2-17-5-6-18(25-17)13-22-19(21-12-15-8-11-23-14-15)20-9-7-16-4-3-10-24-16/h3-6,10,15H,2,7-9,11-14H2,1H3,(H2,20,21,22). The van der Waals surface area contributed by atoms with E-state index in [9.17, 15) is 0 Å². The van der Waals surface area contributed by atoms with Crippen molar-refractivity contribution in [1.29, 1.82) is 0 Å². The summed E-state index contributed by atoms with van der Waals surface area (Å²) < 4.78 is 10.8. The predicted octanol–water partition coefficient (Wildman–Crippen LogP) is 3.22. The van der Waals surface area contributed by atoms with Gasteiger partial charge in [-0.05, 0) is 37.1 Å². The van der Waals surface area contributed by atoms with Crippen molar-refractivity contribution in [1.82, 2.24) is 10.6 Å². The van der Waals surface area contributed by atoms with Crippen LogP contribution in [0.15, 0.2) is 39.9 Å². The number of hydrogen-bond donors (Lipinski definition) is 2. The molecule has 0 amide bonds. The van der Waals surface area contributed by atoms with Gasteiger partial charge in [-0.2, -0.15) is 0 Å². The molecule has 1 aliphatic heterocycles. The van der Waals surface area contributed by atoms with Crippen molar-refractivity contribution in [3.63, 3.8) is 0 Å². The van der Waals surface area contributed by atoms with Gasteiger partial charge in [0.25, 0.3) is 0 Å². The van der Waals surface area contributed by atoms with Gasteiger partial charge in [-0.25, -0.2) is 4.99 Å². The number of thiophene rings is 1. The first-order valence-electron chi connectivity index (χ1n) is 9.03. The molecule has 0 radical (unpaired) electrons. The first kappa shape index (κ1) is 18.0. The molecule has 0 bridgehead atoms. The predicted molar refractivity (Wildman–Crippen MR) is 102 cm³/mol. The lowest BCUT2D eigenvalue weighted by Gasteiger charge is -2.14. The fraction of sp³-hybridized carbons (Fsp3) is 0.526. The second-order valence-electron chi connectivity index (χ2n) is 6.25. The van der Waals surface area contributed by atoms with Gasteiger partial charge in [0.2, 0.25) is 0 Å². The maximum Gasteiger partial charge on any atom is 0.191 e. The summed E-state index contributed by atoms with van der Waals surface area (Å²) in [5.74, 6) is 2.43. The number of hydrogen-bond acceptors (Lipinski definition) is 4. The Morgan fingerprint density at radius 3 is 2.92 bits per heavy atom. The van der Waals surface area contributed by atoms with E-state index in [0.29, 0.717) is 12.5 Å². The third kappa shape index (κ3) is 5.90. The van der Waals surface area contributed by atoms with Crippen LogP contribution >= 0.6 is 11.3 Å². The maximum absolute atomic E-state index is 5.45. The molecule has 1 atom stereocenters. The molecule has 2 aromatic heterocycles. The number of rotatable bonds is 8. The fourth-order valence-corrected chi connectivity index (χ4v) is 3.66. The molecule has 1 unspecified atom stereocenters. The van der Waals surface area contributed by atoms with E-state index in [2.05, 4.69) is 29.7 Å². The lowest BCUT2D eigenvalue weighted by molar-refractivity contribution is 0.186. The van der Waals surface area contributed by atoms with E-state index in [4.69, 9.17) is 14.1 Å². The Hall–Kier alpha value is -1.79. The minimum Gasteiger partial charge on any atom is -0.469 e. The zero-order valence-corrected chi connectivity index (χ0v) is 15.6. The van der Waals surface area contributed by atoms with Gasteiger partial charge in [-0.1, -0.05) is 6.92 Å². The van der Waals surface area contributed by atoms with E-state index < -0.39 is 0 Å².